The Morgan fingerprint density at radius 3 is 2.85 bits per heavy atom. The molecule has 0 aromatic carbocycles. The molecule has 3 atom stereocenters. The van der Waals surface area contributed by atoms with Gasteiger partial charge in [0.25, 0.3) is 0 Å². The summed E-state index contributed by atoms with van der Waals surface area (Å²) >= 11 is 0. The number of nitrogens with one attached hydrogen (secondary N) is 1. The van der Waals surface area contributed by atoms with Crippen molar-refractivity contribution < 1.29 is 4.74 Å². The molecular formula is C10H16N2O. The summed E-state index contributed by atoms with van der Waals surface area (Å²) in [6.07, 6.45) is 4.07. The van der Waals surface area contributed by atoms with Crippen LogP contribution in [0.15, 0.2) is 0 Å². The third-order valence-electron chi connectivity index (χ3n) is 2.88. The molecule has 13 heavy (non-hydrogen) atoms. The van der Waals surface area contributed by atoms with Gasteiger partial charge in [0.2, 0.25) is 0 Å². The number of hydrogen-bond donors (Lipinski definition) is 1. The average Bonchev–Trinajstić information content (AvgIpc) is 2.88. The third kappa shape index (κ3) is 2.01. The molecule has 0 radical (unpaired) electrons. The van der Waals surface area contributed by atoms with Gasteiger partial charge >= 0.3 is 0 Å². The van der Waals surface area contributed by atoms with E-state index in [-0.39, 0.29) is 6.04 Å². The van der Waals surface area contributed by atoms with E-state index in [4.69, 9.17) is 10.00 Å². The number of nitriles is 1. The molecule has 1 aliphatic heterocycles. The molecule has 0 aromatic rings. The minimum atomic E-state index is -0.0482. The Morgan fingerprint density at radius 1 is 1.46 bits per heavy atom. The van der Waals surface area contributed by atoms with E-state index >= 15 is 0 Å². The van der Waals surface area contributed by atoms with Crippen LogP contribution in [0.5, 0.6) is 0 Å². The number of ether oxygens (including phenoxy) is 1. The molecule has 3 heteroatoms. The van der Waals surface area contributed by atoms with Crippen LogP contribution in [0, 0.1) is 17.2 Å². The van der Waals surface area contributed by atoms with Crippen LogP contribution in [-0.4, -0.2) is 24.8 Å². The molecule has 0 aromatic heterocycles. The molecule has 0 amide bonds. The monoisotopic (exact) mass is 180 g/mol. The number of nitrogens with zero attached hydrogens (tertiary/aromatic N) is 1. The summed E-state index contributed by atoms with van der Waals surface area (Å²) < 4.78 is 5.66. The fourth-order valence-electron chi connectivity index (χ4n) is 2.04. The molecule has 72 valence electrons. The van der Waals surface area contributed by atoms with Crippen LogP contribution in [0.25, 0.3) is 0 Å². The SMILES string of the molecule is CC(C#N)NC1CCOC1C1CC1. The molecule has 2 aliphatic rings. The molecule has 2 rings (SSSR count). The van der Waals surface area contributed by atoms with Crippen molar-refractivity contribution in [3.63, 3.8) is 0 Å². The molecule has 1 aliphatic carbocycles. The molecule has 0 bridgehead atoms. The zero-order chi connectivity index (χ0) is 9.26. The maximum atomic E-state index is 8.68. The van der Waals surface area contributed by atoms with Crippen LogP contribution in [0.2, 0.25) is 0 Å². The van der Waals surface area contributed by atoms with E-state index in [1.54, 1.807) is 0 Å². The van der Waals surface area contributed by atoms with Crippen molar-refractivity contribution in [2.75, 3.05) is 6.61 Å². The van der Waals surface area contributed by atoms with E-state index in [0.29, 0.717) is 12.1 Å². The predicted octanol–water partition coefficient (Wildman–Crippen LogP) is 1.06. The van der Waals surface area contributed by atoms with Crippen molar-refractivity contribution in [3.8, 4) is 6.07 Å². The van der Waals surface area contributed by atoms with Crippen molar-refractivity contribution in [3.05, 3.63) is 0 Å². The van der Waals surface area contributed by atoms with Crippen molar-refractivity contribution >= 4 is 0 Å². The summed E-state index contributed by atoms with van der Waals surface area (Å²) in [7, 11) is 0. The summed E-state index contributed by atoms with van der Waals surface area (Å²) in [6.45, 7) is 2.76. The normalized spacial score (nSPS) is 35.7. The average molecular weight is 180 g/mol. The first-order valence-electron chi connectivity index (χ1n) is 5.08. The van der Waals surface area contributed by atoms with Gasteiger partial charge in [0.15, 0.2) is 0 Å². The van der Waals surface area contributed by atoms with Crippen LogP contribution >= 0.6 is 0 Å². The van der Waals surface area contributed by atoms with E-state index in [0.717, 1.165) is 18.9 Å². The molecule has 2 fully saturated rings. The summed E-state index contributed by atoms with van der Waals surface area (Å²) in [5, 5.41) is 12.0. The fraction of sp³-hybridized carbons (Fsp3) is 0.900. The Bertz CT molecular complexity index is 219. The lowest BCUT2D eigenvalue weighted by Gasteiger charge is -2.20. The minimum Gasteiger partial charge on any atom is -0.376 e. The Morgan fingerprint density at radius 2 is 2.23 bits per heavy atom. The summed E-state index contributed by atoms with van der Waals surface area (Å²) in [5.41, 5.74) is 0. The second-order valence-electron chi connectivity index (χ2n) is 4.09. The number of hydrogen-bond acceptors (Lipinski definition) is 3. The van der Waals surface area contributed by atoms with Gasteiger partial charge in [0.05, 0.1) is 18.2 Å². The zero-order valence-corrected chi connectivity index (χ0v) is 7.99. The molecule has 1 N–H and O–H groups in total. The van der Waals surface area contributed by atoms with E-state index in [2.05, 4.69) is 11.4 Å². The van der Waals surface area contributed by atoms with Crippen LogP contribution < -0.4 is 5.32 Å². The molecular weight excluding hydrogens is 164 g/mol. The third-order valence-corrected chi connectivity index (χ3v) is 2.88. The minimum absolute atomic E-state index is 0.0482. The van der Waals surface area contributed by atoms with Gasteiger partial charge in [-0.25, -0.2) is 0 Å². The lowest BCUT2D eigenvalue weighted by atomic mass is 10.1. The predicted molar refractivity (Wildman–Crippen MR) is 49.1 cm³/mol. The first-order chi connectivity index (χ1) is 6.31. The first kappa shape index (κ1) is 8.98. The van der Waals surface area contributed by atoms with Crippen LogP contribution in [0.1, 0.15) is 26.2 Å². The Hall–Kier alpha value is -0.590. The van der Waals surface area contributed by atoms with Gasteiger partial charge in [-0.3, -0.25) is 5.32 Å². The lowest BCUT2D eigenvalue weighted by molar-refractivity contribution is 0.0804. The first-order valence-corrected chi connectivity index (χ1v) is 5.08. The summed E-state index contributed by atoms with van der Waals surface area (Å²) in [5.74, 6) is 0.769. The van der Waals surface area contributed by atoms with Crippen molar-refractivity contribution in [2.24, 2.45) is 5.92 Å². The lowest BCUT2D eigenvalue weighted by Crippen LogP contribution is -2.42. The maximum absolute atomic E-state index is 8.68. The molecule has 1 saturated heterocycles. The smallest absolute Gasteiger partial charge is 0.0927 e. The summed E-state index contributed by atoms with van der Waals surface area (Å²) in [4.78, 5) is 0. The molecule has 3 unspecified atom stereocenters. The molecule has 1 heterocycles. The van der Waals surface area contributed by atoms with E-state index < -0.39 is 0 Å². The summed E-state index contributed by atoms with van der Waals surface area (Å²) in [6, 6.07) is 2.58. The van der Waals surface area contributed by atoms with Crippen LogP contribution in [0.4, 0.5) is 0 Å². The van der Waals surface area contributed by atoms with E-state index in [1.807, 2.05) is 6.92 Å². The van der Waals surface area contributed by atoms with Crippen molar-refractivity contribution in [2.45, 2.75) is 44.4 Å². The number of rotatable bonds is 3. The second-order valence-corrected chi connectivity index (χ2v) is 4.09. The highest BCUT2D eigenvalue weighted by Gasteiger charge is 2.40. The molecule has 0 spiro atoms. The Balaban J connectivity index is 1.86. The van der Waals surface area contributed by atoms with Crippen molar-refractivity contribution in [1.82, 2.24) is 5.32 Å². The standard InChI is InChI=1S/C10H16N2O/c1-7(6-11)12-9-4-5-13-10(9)8-2-3-8/h7-10,12H,2-5H2,1H3. The van der Waals surface area contributed by atoms with Gasteiger partial charge in [-0.15, -0.1) is 0 Å². The van der Waals surface area contributed by atoms with Crippen molar-refractivity contribution in [1.29, 1.82) is 5.26 Å². The zero-order valence-electron chi connectivity index (χ0n) is 7.99. The maximum Gasteiger partial charge on any atom is 0.0927 e. The van der Waals surface area contributed by atoms with Gasteiger partial charge in [-0.05, 0) is 32.1 Å². The Labute approximate surface area is 79.1 Å². The molecule has 1 saturated carbocycles. The molecule has 3 nitrogen and oxygen atoms in total. The quantitative estimate of drug-likeness (QED) is 0.706. The van der Waals surface area contributed by atoms with Gasteiger partial charge < -0.3 is 4.74 Å². The van der Waals surface area contributed by atoms with E-state index in [1.165, 1.54) is 12.8 Å². The van der Waals surface area contributed by atoms with Gasteiger partial charge in [0, 0.05) is 12.6 Å². The second kappa shape index (κ2) is 3.65. The fourth-order valence-corrected chi connectivity index (χ4v) is 2.04. The largest absolute Gasteiger partial charge is 0.376 e. The highest BCUT2D eigenvalue weighted by Crippen LogP contribution is 2.38. The topological polar surface area (TPSA) is 45.0 Å². The Kier molecular flexibility index (Phi) is 2.52. The highest BCUT2D eigenvalue weighted by atomic mass is 16.5. The van der Waals surface area contributed by atoms with Gasteiger partial charge in [0.1, 0.15) is 0 Å². The van der Waals surface area contributed by atoms with Crippen LogP contribution in [0.3, 0.4) is 0 Å². The van der Waals surface area contributed by atoms with Gasteiger partial charge in [-0.1, -0.05) is 0 Å². The highest BCUT2D eigenvalue weighted by molar-refractivity contribution is 4.97. The van der Waals surface area contributed by atoms with E-state index in [9.17, 15) is 0 Å². The van der Waals surface area contributed by atoms with Gasteiger partial charge in [-0.2, -0.15) is 5.26 Å². The van der Waals surface area contributed by atoms with Crippen LogP contribution in [-0.2, 0) is 4.74 Å².